The number of esters is 3. The number of rotatable bonds is 46. The molecule has 0 saturated heterocycles. The van der Waals surface area contributed by atoms with Crippen LogP contribution in [0.15, 0.2) is 60.8 Å². The van der Waals surface area contributed by atoms with Crippen LogP contribution in [0.2, 0.25) is 0 Å². The van der Waals surface area contributed by atoms with Gasteiger partial charge in [0.1, 0.15) is 13.2 Å². The maximum Gasteiger partial charge on any atom is 0.306 e. The Balaban J connectivity index is 4.43. The summed E-state index contributed by atoms with van der Waals surface area (Å²) in [6, 6.07) is 0. The van der Waals surface area contributed by atoms with Crippen LogP contribution in [0.5, 0.6) is 0 Å². The minimum Gasteiger partial charge on any atom is -0.462 e. The molecule has 61 heavy (non-hydrogen) atoms. The summed E-state index contributed by atoms with van der Waals surface area (Å²) in [4.78, 5) is 38.0. The summed E-state index contributed by atoms with van der Waals surface area (Å²) in [6.45, 7) is 6.47. The van der Waals surface area contributed by atoms with Crippen molar-refractivity contribution in [3.8, 4) is 0 Å². The van der Waals surface area contributed by atoms with Gasteiger partial charge in [0.2, 0.25) is 0 Å². The topological polar surface area (TPSA) is 78.9 Å². The van der Waals surface area contributed by atoms with E-state index in [9.17, 15) is 14.4 Å². The number of carbonyl (C=O) groups excluding carboxylic acids is 3. The van der Waals surface area contributed by atoms with Gasteiger partial charge in [0.25, 0.3) is 0 Å². The lowest BCUT2D eigenvalue weighted by Gasteiger charge is -2.18. The molecule has 0 rings (SSSR count). The summed E-state index contributed by atoms with van der Waals surface area (Å²) >= 11 is 0. The van der Waals surface area contributed by atoms with Crippen LogP contribution in [0.3, 0.4) is 0 Å². The van der Waals surface area contributed by atoms with Gasteiger partial charge in [-0.15, -0.1) is 0 Å². The highest BCUT2D eigenvalue weighted by atomic mass is 16.6. The zero-order chi connectivity index (χ0) is 44.4. The lowest BCUT2D eigenvalue weighted by atomic mass is 10.0. The fraction of sp³-hybridized carbons (Fsp3) is 0.764. The highest BCUT2D eigenvalue weighted by molar-refractivity contribution is 5.71. The Morgan fingerprint density at radius 1 is 0.344 bits per heavy atom. The molecule has 0 aromatic heterocycles. The van der Waals surface area contributed by atoms with Crippen molar-refractivity contribution in [3.63, 3.8) is 0 Å². The molecule has 0 aromatic rings. The molecule has 0 amide bonds. The maximum atomic E-state index is 12.8. The highest BCUT2D eigenvalue weighted by Crippen LogP contribution is 2.16. The lowest BCUT2D eigenvalue weighted by Crippen LogP contribution is -2.30. The second-order valence-electron chi connectivity index (χ2n) is 17.2. The number of allylic oxidation sites excluding steroid dienone is 10. The van der Waals surface area contributed by atoms with Gasteiger partial charge in [0, 0.05) is 19.3 Å². The van der Waals surface area contributed by atoms with E-state index in [-0.39, 0.29) is 31.1 Å². The molecule has 0 N–H and O–H groups in total. The third-order valence-corrected chi connectivity index (χ3v) is 11.2. The van der Waals surface area contributed by atoms with Crippen molar-refractivity contribution >= 4 is 17.9 Å². The van der Waals surface area contributed by atoms with Crippen LogP contribution in [0.25, 0.3) is 0 Å². The Bertz CT molecular complexity index is 1120. The van der Waals surface area contributed by atoms with Gasteiger partial charge < -0.3 is 14.2 Å². The molecule has 0 heterocycles. The van der Waals surface area contributed by atoms with E-state index in [1.807, 2.05) is 48.6 Å². The molecule has 1 atom stereocenters. The lowest BCUT2D eigenvalue weighted by molar-refractivity contribution is -0.167. The van der Waals surface area contributed by atoms with Crippen LogP contribution in [-0.2, 0) is 28.6 Å². The summed E-state index contributed by atoms with van der Waals surface area (Å²) in [5, 5.41) is 0. The van der Waals surface area contributed by atoms with E-state index in [1.54, 1.807) is 0 Å². The van der Waals surface area contributed by atoms with E-state index in [4.69, 9.17) is 14.2 Å². The zero-order valence-electron chi connectivity index (χ0n) is 40.2. The van der Waals surface area contributed by atoms with Gasteiger partial charge in [-0.05, 0) is 38.5 Å². The molecular formula is C55H96O6. The molecule has 0 bridgehead atoms. The Kier molecular flexibility index (Phi) is 47.4. The molecule has 6 nitrogen and oxygen atoms in total. The maximum absolute atomic E-state index is 12.8. The number of unbranched alkanes of at least 4 members (excludes halogenated alkanes) is 29. The molecule has 0 saturated carbocycles. The average Bonchev–Trinajstić information content (AvgIpc) is 3.26. The molecule has 352 valence electrons. The zero-order valence-corrected chi connectivity index (χ0v) is 40.2. The van der Waals surface area contributed by atoms with E-state index in [1.165, 1.54) is 141 Å². The highest BCUT2D eigenvalue weighted by Gasteiger charge is 2.19. The Morgan fingerprint density at radius 3 is 1.00 bits per heavy atom. The van der Waals surface area contributed by atoms with E-state index < -0.39 is 6.10 Å². The predicted molar refractivity (Wildman–Crippen MR) is 261 cm³/mol. The summed E-state index contributed by atoms with van der Waals surface area (Å²) in [5.41, 5.74) is 0. The largest absolute Gasteiger partial charge is 0.462 e. The third-order valence-electron chi connectivity index (χ3n) is 11.2. The van der Waals surface area contributed by atoms with Crippen molar-refractivity contribution in [3.05, 3.63) is 60.8 Å². The van der Waals surface area contributed by atoms with Gasteiger partial charge >= 0.3 is 17.9 Å². The standard InChI is InChI=1S/C55H96O6/c1-4-7-10-13-16-19-22-25-28-31-33-36-39-42-45-48-54(57)60-51-52(61-55(58)49-46-43-40-37-34-30-27-24-21-18-15-12-9-6-3)50-59-53(56)47-44-41-38-35-32-29-26-23-20-17-14-11-8-5-2/h7,10,13,16,19,22,25,28,31,33,52H,4-6,8-9,11-12,14-15,17-18,20-21,23-24,26-27,29-30,32,34-51H2,1-3H3/b10-7-,16-13-,22-19-,28-25-,33-31-. The van der Waals surface area contributed by atoms with Crippen molar-refractivity contribution in [2.75, 3.05) is 13.2 Å². The van der Waals surface area contributed by atoms with Crippen LogP contribution < -0.4 is 0 Å². The molecule has 0 spiro atoms. The first-order valence-electron chi connectivity index (χ1n) is 25.9. The van der Waals surface area contributed by atoms with Crippen LogP contribution >= 0.6 is 0 Å². The molecule has 0 aliphatic rings. The molecule has 0 aliphatic carbocycles. The fourth-order valence-electron chi connectivity index (χ4n) is 7.29. The van der Waals surface area contributed by atoms with Gasteiger partial charge in [0.05, 0.1) is 0 Å². The van der Waals surface area contributed by atoms with Crippen LogP contribution in [0.1, 0.15) is 252 Å². The van der Waals surface area contributed by atoms with Gasteiger partial charge in [-0.3, -0.25) is 14.4 Å². The molecule has 1 unspecified atom stereocenters. The minimum atomic E-state index is -0.787. The second-order valence-corrected chi connectivity index (χ2v) is 17.2. The molecule has 0 radical (unpaired) electrons. The van der Waals surface area contributed by atoms with E-state index in [0.717, 1.165) is 70.6 Å². The second kappa shape index (κ2) is 49.8. The predicted octanol–water partition coefficient (Wildman–Crippen LogP) is 16.9. The van der Waals surface area contributed by atoms with Crippen molar-refractivity contribution in [1.82, 2.24) is 0 Å². The van der Waals surface area contributed by atoms with E-state index in [0.29, 0.717) is 19.3 Å². The van der Waals surface area contributed by atoms with Gasteiger partial charge in [-0.25, -0.2) is 0 Å². The minimum absolute atomic E-state index is 0.0846. The van der Waals surface area contributed by atoms with Gasteiger partial charge in [-0.2, -0.15) is 0 Å². The molecule has 0 aromatic carbocycles. The Hall–Kier alpha value is -2.89. The monoisotopic (exact) mass is 853 g/mol. The smallest absolute Gasteiger partial charge is 0.306 e. The first-order valence-corrected chi connectivity index (χ1v) is 25.9. The number of ether oxygens (including phenoxy) is 3. The first kappa shape index (κ1) is 58.1. The quantitative estimate of drug-likeness (QED) is 0.0263. The van der Waals surface area contributed by atoms with Crippen molar-refractivity contribution in [2.24, 2.45) is 0 Å². The van der Waals surface area contributed by atoms with E-state index >= 15 is 0 Å². The first-order chi connectivity index (χ1) is 30.0. The third kappa shape index (κ3) is 48.0. The SMILES string of the molecule is CC\C=C/C=C\C=C/C=C\C=C/CCCCCC(=O)OCC(COC(=O)CCCCCCCCCCCCCCCC)OC(=O)CCCCCCCCCCCCCCCC. The van der Waals surface area contributed by atoms with E-state index in [2.05, 4.69) is 32.9 Å². The van der Waals surface area contributed by atoms with Gasteiger partial charge in [-0.1, -0.05) is 255 Å². The summed E-state index contributed by atoms with van der Waals surface area (Å²) in [6.07, 6.45) is 60.6. The van der Waals surface area contributed by atoms with Crippen LogP contribution in [0, 0.1) is 0 Å². The fourth-order valence-corrected chi connectivity index (χ4v) is 7.29. The molecule has 6 heteroatoms. The summed E-state index contributed by atoms with van der Waals surface area (Å²) in [5.74, 6) is -0.920. The number of hydrogen-bond acceptors (Lipinski definition) is 6. The molecule has 0 fully saturated rings. The Morgan fingerprint density at radius 2 is 0.639 bits per heavy atom. The number of hydrogen-bond donors (Lipinski definition) is 0. The van der Waals surface area contributed by atoms with Gasteiger partial charge in [0.15, 0.2) is 6.10 Å². The van der Waals surface area contributed by atoms with Crippen molar-refractivity contribution in [1.29, 1.82) is 0 Å². The molecular weight excluding hydrogens is 757 g/mol. The van der Waals surface area contributed by atoms with Crippen molar-refractivity contribution < 1.29 is 28.6 Å². The van der Waals surface area contributed by atoms with Crippen molar-refractivity contribution in [2.45, 2.75) is 258 Å². The normalized spacial score (nSPS) is 12.5. The summed E-state index contributed by atoms with van der Waals surface area (Å²) < 4.78 is 16.8. The molecule has 0 aliphatic heterocycles. The van der Waals surface area contributed by atoms with Crippen LogP contribution in [0.4, 0.5) is 0 Å². The summed E-state index contributed by atoms with van der Waals surface area (Å²) in [7, 11) is 0. The number of carbonyl (C=O) groups is 3. The average molecular weight is 853 g/mol. The van der Waals surface area contributed by atoms with Crippen LogP contribution in [-0.4, -0.2) is 37.2 Å². The Labute approximate surface area is 377 Å².